The Morgan fingerprint density at radius 3 is 2.59 bits per heavy atom. The largest absolute Gasteiger partial charge is 0.351 e. The number of aryl methyl sites for hydroxylation is 2. The third-order valence-electron chi connectivity index (χ3n) is 3.38. The Bertz CT molecular complexity index is 773. The van der Waals surface area contributed by atoms with E-state index < -0.39 is 11.2 Å². The van der Waals surface area contributed by atoms with E-state index in [1.54, 1.807) is 18.3 Å². The first-order valence-electron chi connectivity index (χ1n) is 7.16. The fraction of sp³-hybridized carbons (Fsp3) is 0.400. The lowest BCUT2D eigenvalue weighted by Gasteiger charge is -2.05. The second-order valence-corrected chi connectivity index (χ2v) is 6.26. The molecule has 0 radical (unpaired) electrons. The maximum absolute atomic E-state index is 11.9. The van der Waals surface area contributed by atoms with E-state index >= 15 is 0 Å². The molecule has 2 rings (SSSR count). The molecule has 2 aromatic heterocycles. The van der Waals surface area contributed by atoms with Crippen LogP contribution in [0.15, 0.2) is 21.7 Å². The summed E-state index contributed by atoms with van der Waals surface area (Å²) in [5, 5.41) is 2.84. The zero-order valence-electron chi connectivity index (χ0n) is 12.6. The van der Waals surface area contributed by atoms with Crippen LogP contribution < -0.4 is 16.6 Å². The molecule has 2 aromatic rings. The Morgan fingerprint density at radius 1 is 1.23 bits per heavy atom. The van der Waals surface area contributed by atoms with E-state index in [-0.39, 0.29) is 12.3 Å². The van der Waals surface area contributed by atoms with Gasteiger partial charge in [-0.15, -0.1) is 11.3 Å². The zero-order chi connectivity index (χ0) is 16.1. The van der Waals surface area contributed by atoms with E-state index in [1.807, 2.05) is 6.07 Å². The molecule has 0 unspecified atom stereocenters. The van der Waals surface area contributed by atoms with Crippen LogP contribution in [0.2, 0.25) is 0 Å². The van der Waals surface area contributed by atoms with E-state index in [0.29, 0.717) is 24.2 Å². The molecule has 0 aliphatic heterocycles. The minimum atomic E-state index is -0.528. The number of aromatic nitrogens is 2. The van der Waals surface area contributed by atoms with Crippen molar-refractivity contribution in [2.24, 2.45) is 0 Å². The van der Waals surface area contributed by atoms with Gasteiger partial charge in [-0.05, 0) is 31.9 Å². The molecular weight excluding hydrogens is 302 g/mol. The Hall–Kier alpha value is -2.15. The van der Waals surface area contributed by atoms with Gasteiger partial charge < -0.3 is 10.3 Å². The van der Waals surface area contributed by atoms with Crippen LogP contribution in [0.5, 0.6) is 0 Å². The van der Waals surface area contributed by atoms with Crippen LogP contribution in [0.3, 0.4) is 0 Å². The monoisotopic (exact) mass is 321 g/mol. The number of carbonyl (C=O) groups is 1. The molecule has 0 fully saturated rings. The van der Waals surface area contributed by atoms with Crippen molar-refractivity contribution in [2.75, 3.05) is 0 Å². The summed E-state index contributed by atoms with van der Waals surface area (Å²) in [5.41, 5.74) is -0.00782. The average molecular weight is 321 g/mol. The summed E-state index contributed by atoms with van der Waals surface area (Å²) < 4.78 is 0. The fourth-order valence-electron chi connectivity index (χ4n) is 2.15. The maximum Gasteiger partial charge on any atom is 0.325 e. The normalized spacial score (nSPS) is 10.6. The van der Waals surface area contributed by atoms with Crippen molar-refractivity contribution in [1.29, 1.82) is 0 Å². The van der Waals surface area contributed by atoms with Crippen LogP contribution in [-0.4, -0.2) is 15.9 Å². The lowest BCUT2D eigenvalue weighted by molar-refractivity contribution is -0.121. The topological polar surface area (TPSA) is 94.8 Å². The van der Waals surface area contributed by atoms with Gasteiger partial charge in [0.15, 0.2) is 0 Å². The van der Waals surface area contributed by atoms with E-state index in [2.05, 4.69) is 28.3 Å². The van der Waals surface area contributed by atoms with Crippen molar-refractivity contribution < 1.29 is 4.79 Å². The minimum Gasteiger partial charge on any atom is -0.351 e. The molecule has 22 heavy (non-hydrogen) atoms. The van der Waals surface area contributed by atoms with Crippen molar-refractivity contribution in [1.82, 2.24) is 15.3 Å². The predicted molar refractivity (Wildman–Crippen MR) is 86.3 cm³/mol. The first kappa shape index (κ1) is 16.2. The highest BCUT2D eigenvalue weighted by Crippen LogP contribution is 2.16. The predicted octanol–water partition coefficient (Wildman–Crippen LogP) is 1.24. The van der Waals surface area contributed by atoms with Crippen molar-refractivity contribution >= 4 is 17.2 Å². The Morgan fingerprint density at radius 2 is 1.95 bits per heavy atom. The quantitative estimate of drug-likeness (QED) is 0.747. The van der Waals surface area contributed by atoms with Crippen molar-refractivity contribution in [3.63, 3.8) is 0 Å². The van der Waals surface area contributed by atoms with Crippen LogP contribution >= 0.6 is 11.3 Å². The summed E-state index contributed by atoms with van der Waals surface area (Å²) in [5.74, 6) is -0.114. The molecule has 2 heterocycles. The fourth-order valence-corrected chi connectivity index (χ4v) is 3.04. The molecule has 0 spiro atoms. The van der Waals surface area contributed by atoms with Gasteiger partial charge in [-0.1, -0.05) is 6.92 Å². The van der Waals surface area contributed by atoms with Gasteiger partial charge in [-0.3, -0.25) is 14.6 Å². The minimum absolute atomic E-state index is 0.114. The number of amides is 1. The van der Waals surface area contributed by atoms with E-state index in [1.165, 1.54) is 4.88 Å². The number of rotatable bonds is 6. The lowest BCUT2D eigenvalue weighted by atomic mass is 10.1. The molecule has 6 nitrogen and oxygen atoms in total. The Kier molecular flexibility index (Phi) is 5.32. The smallest absolute Gasteiger partial charge is 0.325 e. The number of nitrogens with one attached hydrogen (secondary N) is 3. The first-order valence-corrected chi connectivity index (χ1v) is 7.97. The number of thiophene rings is 1. The van der Waals surface area contributed by atoms with Crippen molar-refractivity contribution in [2.45, 2.75) is 39.7 Å². The highest BCUT2D eigenvalue weighted by Gasteiger charge is 2.09. The van der Waals surface area contributed by atoms with Crippen LogP contribution in [0.25, 0.3) is 0 Å². The second-order valence-electron chi connectivity index (χ2n) is 5.01. The highest BCUT2D eigenvalue weighted by atomic mass is 32.1. The molecule has 0 atom stereocenters. The Labute approximate surface area is 131 Å². The standard InChI is InChI=1S/C15H19N3O3S/c1-3-10-4-5-11(22-10)8-16-13(19)7-6-12-9(2)17-15(21)18-14(12)20/h4-5H,3,6-8H2,1-2H3,(H,16,19)(H2,17,18,20,21). The van der Waals surface area contributed by atoms with Crippen LogP contribution in [0.1, 0.15) is 34.4 Å². The van der Waals surface area contributed by atoms with Crippen molar-refractivity contribution in [3.05, 3.63) is 54.0 Å². The molecule has 0 saturated heterocycles. The van der Waals surface area contributed by atoms with E-state index in [0.717, 1.165) is 11.3 Å². The van der Waals surface area contributed by atoms with E-state index in [4.69, 9.17) is 0 Å². The molecule has 0 bridgehead atoms. The van der Waals surface area contributed by atoms with E-state index in [9.17, 15) is 14.4 Å². The van der Waals surface area contributed by atoms with Gasteiger partial charge in [0.2, 0.25) is 5.91 Å². The molecule has 0 aliphatic carbocycles. The van der Waals surface area contributed by atoms with Gasteiger partial charge in [0, 0.05) is 27.4 Å². The third-order valence-corrected chi connectivity index (χ3v) is 4.61. The van der Waals surface area contributed by atoms with Gasteiger partial charge >= 0.3 is 5.69 Å². The van der Waals surface area contributed by atoms with Gasteiger partial charge in [0.1, 0.15) is 0 Å². The van der Waals surface area contributed by atoms with Crippen LogP contribution in [0, 0.1) is 6.92 Å². The number of hydrogen-bond donors (Lipinski definition) is 3. The average Bonchev–Trinajstić information content (AvgIpc) is 2.92. The summed E-state index contributed by atoms with van der Waals surface area (Å²) >= 11 is 1.69. The summed E-state index contributed by atoms with van der Waals surface area (Å²) in [6.45, 7) is 4.25. The zero-order valence-corrected chi connectivity index (χ0v) is 13.4. The number of hydrogen-bond acceptors (Lipinski definition) is 4. The number of H-pyrrole nitrogens is 2. The summed E-state index contributed by atoms with van der Waals surface area (Å²) in [7, 11) is 0. The molecule has 0 saturated carbocycles. The summed E-state index contributed by atoms with van der Waals surface area (Å²) in [6, 6.07) is 4.08. The second kappa shape index (κ2) is 7.22. The van der Waals surface area contributed by atoms with Gasteiger partial charge in [-0.25, -0.2) is 4.79 Å². The molecule has 118 valence electrons. The molecule has 0 aliphatic rings. The highest BCUT2D eigenvalue weighted by molar-refractivity contribution is 7.11. The Balaban J connectivity index is 1.88. The number of carbonyl (C=O) groups excluding carboxylic acids is 1. The third kappa shape index (κ3) is 4.17. The molecular formula is C15H19N3O3S. The molecule has 1 amide bonds. The van der Waals surface area contributed by atoms with Crippen LogP contribution in [-0.2, 0) is 24.2 Å². The number of aromatic amines is 2. The maximum atomic E-state index is 11.9. The summed E-state index contributed by atoms with van der Waals surface area (Å²) in [6.07, 6.45) is 1.50. The van der Waals surface area contributed by atoms with Gasteiger partial charge in [-0.2, -0.15) is 0 Å². The SMILES string of the molecule is CCc1ccc(CNC(=O)CCc2c(C)[nH]c(=O)[nH]c2=O)s1. The molecule has 3 N–H and O–H groups in total. The summed E-state index contributed by atoms with van der Waals surface area (Å²) in [4.78, 5) is 41.8. The first-order chi connectivity index (χ1) is 10.5. The lowest BCUT2D eigenvalue weighted by Crippen LogP contribution is -2.29. The van der Waals surface area contributed by atoms with Crippen molar-refractivity contribution in [3.8, 4) is 0 Å². The van der Waals surface area contributed by atoms with Gasteiger partial charge in [0.25, 0.3) is 5.56 Å². The molecule has 7 heteroatoms. The molecule has 0 aromatic carbocycles. The van der Waals surface area contributed by atoms with Gasteiger partial charge in [0.05, 0.1) is 6.54 Å². The van der Waals surface area contributed by atoms with Crippen LogP contribution in [0.4, 0.5) is 0 Å².